The molecule has 5 nitrogen and oxygen atoms in total. The van der Waals surface area contributed by atoms with Crippen molar-refractivity contribution in [3.8, 4) is 5.69 Å². The Bertz CT molecular complexity index is 1630. The van der Waals surface area contributed by atoms with E-state index in [4.69, 9.17) is 52.0 Å². The number of aryl methyl sites for hydroxylation is 1. The Morgan fingerprint density at radius 1 is 0.881 bits per heavy atom. The summed E-state index contributed by atoms with van der Waals surface area (Å²) in [5.74, 6) is 1.26. The molecule has 0 spiro atoms. The van der Waals surface area contributed by atoms with Crippen LogP contribution in [0, 0.1) is 25.7 Å². The van der Waals surface area contributed by atoms with Gasteiger partial charge in [0, 0.05) is 36.4 Å². The molecule has 2 fully saturated rings. The minimum Gasteiger partial charge on any atom is -0.370 e. The Morgan fingerprint density at radius 2 is 1.64 bits per heavy atom. The molecule has 0 radical (unpaired) electrons. The summed E-state index contributed by atoms with van der Waals surface area (Å²) >= 11 is 26.2. The number of piperidine rings is 1. The van der Waals surface area contributed by atoms with Gasteiger partial charge in [-0.1, -0.05) is 60.8 Å². The fraction of sp³-hybridized carbons (Fsp3) is 0.333. The monoisotopic (exact) mass is 637 g/mol. The van der Waals surface area contributed by atoms with E-state index in [2.05, 4.69) is 71.6 Å². The molecule has 4 aromatic rings. The molecule has 0 saturated carbocycles. The summed E-state index contributed by atoms with van der Waals surface area (Å²) in [5.41, 5.74) is 6.99. The van der Waals surface area contributed by atoms with Crippen LogP contribution in [0.2, 0.25) is 15.1 Å². The normalized spacial score (nSPS) is 22.5. The second kappa shape index (κ2) is 11.7. The molecule has 0 bridgehead atoms. The van der Waals surface area contributed by atoms with Crippen molar-refractivity contribution in [2.75, 3.05) is 22.9 Å². The number of rotatable bonds is 5. The largest absolute Gasteiger partial charge is 0.370 e. The van der Waals surface area contributed by atoms with Crippen LogP contribution >= 0.6 is 47.0 Å². The number of benzene rings is 2. The maximum atomic E-state index is 7.03. The number of nitrogens with zero attached hydrogens (tertiary/aromatic N) is 4. The van der Waals surface area contributed by atoms with Gasteiger partial charge in [0.1, 0.15) is 0 Å². The summed E-state index contributed by atoms with van der Waals surface area (Å²) in [7, 11) is 0. The molecule has 4 atom stereocenters. The van der Waals surface area contributed by atoms with Gasteiger partial charge in [-0.25, -0.2) is 0 Å². The molecule has 4 heterocycles. The highest BCUT2D eigenvalue weighted by Gasteiger charge is 2.42. The lowest BCUT2D eigenvalue weighted by Gasteiger charge is -2.37. The van der Waals surface area contributed by atoms with Crippen molar-refractivity contribution in [2.45, 2.75) is 46.2 Å². The Morgan fingerprint density at radius 3 is 2.33 bits per heavy atom. The van der Waals surface area contributed by atoms with E-state index in [1.165, 1.54) is 6.42 Å². The van der Waals surface area contributed by atoms with Crippen molar-refractivity contribution in [3.63, 3.8) is 0 Å². The van der Waals surface area contributed by atoms with Crippen molar-refractivity contribution in [1.82, 2.24) is 14.9 Å². The van der Waals surface area contributed by atoms with E-state index in [-0.39, 0.29) is 12.1 Å². The van der Waals surface area contributed by atoms with Gasteiger partial charge in [-0.3, -0.25) is 4.98 Å². The molecule has 0 amide bonds. The van der Waals surface area contributed by atoms with Gasteiger partial charge in [-0.05, 0) is 98.4 Å². The zero-order valence-electron chi connectivity index (χ0n) is 24.1. The molecule has 6 rings (SSSR count). The van der Waals surface area contributed by atoms with E-state index < -0.39 is 0 Å². The number of nitrogens with one attached hydrogen (secondary N) is 1. The molecule has 2 aromatic carbocycles. The Balaban J connectivity index is 1.45. The minimum absolute atomic E-state index is 0.176. The zero-order chi connectivity index (χ0) is 29.7. The average Bonchev–Trinajstić information content (AvgIpc) is 3.45. The van der Waals surface area contributed by atoms with Gasteiger partial charge < -0.3 is 19.7 Å². The van der Waals surface area contributed by atoms with Gasteiger partial charge in [0.25, 0.3) is 0 Å². The maximum absolute atomic E-state index is 7.03. The van der Waals surface area contributed by atoms with Crippen LogP contribution in [0.1, 0.15) is 55.0 Å². The lowest BCUT2D eigenvalue weighted by Crippen LogP contribution is -2.38. The number of thiocarbonyl (C=S) groups is 1. The van der Waals surface area contributed by atoms with Gasteiger partial charge >= 0.3 is 0 Å². The van der Waals surface area contributed by atoms with Crippen molar-refractivity contribution in [2.24, 2.45) is 11.8 Å². The summed E-state index contributed by atoms with van der Waals surface area (Å²) in [6.07, 6.45) is 3.07. The number of hydrogen-bond donors (Lipinski definition) is 1. The number of halogens is 3. The number of anilines is 2. The van der Waals surface area contributed by atoms with Crippen LogP contribution in [0.3, 0.4) is 0 Å². The first kappa shape index (κ1) is 29.3. The van der Waals surface area contributed by atoms with Crippen molar-refractivity contribution >= 4 is 63.5 Å². The molecule has 42 heavy (non-hydrogen) atoms. The van der Waals surface area contributed by atoms with Crippen molar-refractivity contribution < 1.29 is 0 Å². The Labute approximate surface area is 268 Å². The standard InChI is InChI=1S/C33H34Cl3N5S/c1-19-14-20(2)18-39(17-19)28-12-11-23(16-26(28)35)41-32(31(38-33(41)42)27-9-5-6-13-37-27)24-15-21(3)40(22(24)4)29-10-7-8-25(34)30(29)36/h5-13,15-16,19-20,31-32H,14,17-18H2,1-4H3,(H,38,42)/t19-,20+,31-,32+/m0/s1. The second-order valence-electron chi connectivity index (χ2n) is 11.7. The Hall–Kier alpha value is -2.77. The molecule has 2 aromatic heterocycles. The number of pyridine rings is 1. The van der Waals surface area contributed by atoms with E-state index in [1.807, 2.05) is 36.5 Å². The van der Waals surface area contributed by atoms with Crippen LogP contribution in [0.25, 0.3) is 5.69 Å². The van der Waals surface area contributed by atoms with Crippen LogP contribution in [0.4, 0.5) is 11.4 Å². The van der Waals surface area contributed by atoms with Gasteiger partial charge in [-0.2, -0.15) is 0 Å². The van der Waals surface area contributed by atoms with Crippen LogP contribution in [-0.2, 0) is 0 Å². The van der Waals surface area contributed by atoms with Gasteiger partial charge in [-0.15, -0.1) is 0 Å². The summed E-state index contributed by atoms with van der Waals surface area (Å²) in [6.45, 7) is 10.8. The summed E-state index contributed by atoms with van der Waals surface area (Å²) < 4.78 is 2.16. The molecule has 2 aliphatic heterocycles. The molecule has 218 valence electrons. The fourth-order valence-corrected chi connectivity index (χ4v) is 7.85. The summed E-state index contributed by atoms with van der Waals surface area (Å²) in [4.78, 5) is 9.32. The zero-order valence-corrected chi connectivity index (χ0v) is 27.2. The number of hydrogen-bond acceptors (Lipinski definition) is 3. The minimum atomic E-state index is -0.178. The fourth-order valence-electron chi connectivity index (χ4n) is 6.83. The molecule has 0 unspecified atom stereocenters. The first-order valence-corrected chi connectivity index (χ1v) is 15.9. The van der Waals surface area contributed by atoms with Crippen LogP contribution < -0.4 is 15.1 Å². The molecular formula is C33H34Cl3N5S. The predicted octanol–water partition coefficient (Wildman–Crippen LogP) is 9.11. The van der Waals surface area contributed by atoms with Crippen molar-refractivity contribution in [3.05, 3.63) is 105 Å². The van der Waals surface area contributed by atoms with Crippen LogP contribution in [0.5, 0.6) is 0 Å². The van der Waals surface area contributed by atoms with Gasteiger partial charge in [0.15, 0.2) is 5.11 Å². The highest BCUT2D eigenvalue weighted by molar-refractivity contribution is 7.80. The van der Waals surface area contributed by atoms with Crippen LogP contribution in [0.15, 0.2) is 66.9 Å². The quantitative estimate of drug-likeness (QED) is 0.221. The van der Waals surface area contributed by atoms with E-state index in [1.54, 1.807) is 6.07 Å². The third kappa shape index (κ3) is 5.28. The molecule has 2 aliphatic rings. The van der Waals surface area contributed by atoms with Crippen molar-refractivity contribution in [1.29, 1.82) is 0 Å². The first-order valence-electron chi connectivity index (χ1n) is 14.3. The highest BCUT2D eigenvalue weighted by Crippen LogP contribution is 2.46. The lowest BCUT2D eigenvalue weighted by atomic mass is 9.91. The Kier molecular flexibility index (Phi) is 8.18. The maximum Gasteiger partial charge on any atom is 0.174 e. The SMILES string of the molecule is Cc1cc([C@@H]2[C@H](c3ccccn3)NC(=S)N2c2ccc(N3C[C@H](C)C[C@H](C)C3)c(Cl)c2)c(C)n1-c1cccc(Cl)c1Cl. The topological polar surface area (TPSA) is 36.3 Å². The van der Waals surface area contributed by atoms with E-state index in [0.29, 0.717) is 27.0 Å². The lowest BCUT2D eigenvalue weighted by molar-refractivity contribution is 0.357. The second-order valence-corrected chi connectivity index (χ2v) is 13.3. The van der Waals surface area contributed by atoms with Crippen LogP contribution in [-0.4, -0.2) is 27.8 Å². The molecular weight excluding hydrogens is 605 g/mol. The molecule has 2 saturated heterocycles. The van der Waals surface area contributed by atoms with Gasteiger partial charge in [0.2, 0.25) is 0 Å². The first-order chi connectivity index (χ1) is 20.1. The average molecular weight is 639 g/mol. The highest BCUT2D eigenvalue weighted by atomic mass is 35.5. The van der Waals surface area contributed by atoms with E-state index >= 15 is 0 Å². The summed E-state index contributed by atoms with van der Waals surface area (Å²) in [5, 5.41) is 5.98. The molecule has 1 N–H and O–H groups in total. The third-order valence-corrected chi connectivity index (χ3v) is 9.90. The molecule has 0 aliphatic carbocycles. The van der Waals surface area contributed by atoms with Gasteiger partial charge in [0.05, 0.1) is 44.2 Å². The van der Waals surface area contributed by atoms with E-state index in [0.717, 1.165) is 57.8 Å². The van der Waals surface area contributed by atoms with E-state index in [9.17, 15) is 0 Å². The third-order valence-electron chi connectivity index (χ3n) is 8.48. The number of aromatic nitrogens is 2. The smallest absolute Gasteiger partial charge is 0.174 e. The summed E-state index contributed by atoms with van der Waals surface area (Å²) in [6, 6.07) is 19.9. The molecule has 9 heteroatoms. The predicted molar refractivity (Wildman–Crippen MR) is 180 cm³/mol.